The molecule has 1 amide bonds. The molecule has 3 rings (SSSR count). The number of rotatable bonds is 8. The van der Waals surface area contributed by atoms with E-state index in [-0.39, 0.29) is 24.7 Å². The number of thioether (sulfide) groups is 1. The van der Waals surface area contributed by atoms with Crippen LogP contribution in [0.2, 0.25) is 0 Å². The Balaban J connectivity index is 1.71. The van der Waals surface area contributed by atoms with Crippen LogP contribution in [0.3, 0.4) is 0 Å². The highest BCUT2D eigenvalue weighted by Gasteiger charge is 2.38. The van der Waals surface area contributed by atoms with Crippen LogP contribution in [0.25, 0.3) is 0 Å². The van der Waals surface area contributed by atoms with Crippen LogP contribution in [-0.2, 0) is 4.79 Å². The quantitative estimate of drug-likeness (QED) is 0.271. The molecule has 1 atom stereocenters. The van der Waals surface area contributed by atoms with Gasteiger partial charge in [0.1, 0.15) is 5.82 Å². The second-order valence-electron chi connectivity index (χ2n) is 7.09. The minimum Gasteiger partial charge on any atom is -0.378 e. The number of nitrogens with zero attached hydrogens (tertiary/aromatic N) is 4. The molecule has 1 fully saturated rings. The lowest BCUT2D eigenvalue weighted by atomic mass is 10.1. The summed E-state index contributed by atoms with van der Waals surface area (Å²) in [4.78, 5) is 28.7. The molecule has 0 radical (unpaired) electrons. The Morgan fingerprint density at radius 3 is 2.48 bits per heavy atom. The number of hydrogen-bond acceptors (Lipinski definition) is 6. The van der Waals surface area contributed by atoms with Gasteiger partial charge in [0.25, 0.3) is 0 Å². The molecular weight excluding hydrogens is 415 g/mol. The van der Waals surface area contributed by atoms with E-state index < -0.39 is 11.1 Å². The van der Waals surface area contributed by atoms with Gasteiger partial charge in [0.2, 0.25) is 5.91 Å². The summed E-state index contributed by atoms with van der Waals surface area (Å²) in [6.07, 6.45) is 3.21. The van der Waals surface area contributed by atoms with Crippen LogP contribution in [-0.4, -0.2) is 53.9 Å². The molecule has 8 heteroatoms. The lowest BCUT2D eigenvalue weighted by Gasteiger charge is -2.12. The highest BCUT2D eigenvalue weighted by Crippen LogP contribution is 2.30. The Morgan fingerprint density at radius 2 is 1.87 bits per heavy atom. The predicted molar refractivity (Wildman–Crippen MR) is 124 cm³/mol. The van der Waals surface area contributed by atoms with E-state index in [4.69, 9.17) is 0 Å². The van der Waals surface area contributed by atoms with Crippen molar-refractivity contribution in [1.29, 1.82) is 0 Å². The van der Waals surface area contributed by atoms with Gasteiger partial charge in [-0.05, 0) is 42.0 Å². The first-order chi connectivity index (χ1) is 14.9. The van der Waals surface area contributed by atoms with Crippen molar-refractivity contribution >= 4 is 40.5 Å². The molecule has 2 aromatic carbocycles. The average molecular weight is 439 g/mol. The minimum atomic E-state index is -0.606. The van der Waals surface area contributed by atoms with Crippen LogP contribution in [0.4, 0.5) is 10.1 Å². The van der Waals surface area contributed by atoms with Crippen molar-refractivity contribution in [2.45, 2.75) is 11.7 Å². The molecule has 31 heavy (non-hydrogen) atoms. The molecule has 0 saturated carbocycles. The van der Waals surface area contributed by atoms with Crippen molar-refractivity contribution in [2.75, 3.05) is 25.5 Å². The standard InChI is InChI=1S/C23H23FN4O2S/c1-4-13-28-22(30)21(14-20(29)17-7-9-18(24)10-8-17)31-23(28)26-25-15-16-5-11-19(12-6-16)27(2)3/h4-12,15,21H,1,13-14H2,2-3H3/b25-15+,26-23+. The summed E-state index contributed by atoms with van der Waals surface area (Å²) in [5.41, 5.74) is 2.32. The first-order valence-corrected chi connectivity index (χ1v) is 10.5. The van der Waals surface area contributed by atoms with E-state index in [1.54, 1.807) is 12.3 Å². The molecule has 1 saturated heterocycles. The van der Waals surface area contributed by atoms with Crippen molar-refractivity contribution in [3.05, 3.63) is 78.1 Å². The summed E-state index contributed by atoms with van der Waals surface area (Å²) in [7, 11) is 3.93. The van der Waals surface area contributed by atoms with E-state index in [2.05, 4.69) is 16.8 Å². The summed E-state index contributed by atoms with van der Waals surface area (Å²) in [5.74, 6) is -0.858. The van der Waals surface area contributed by atoms with Gasteiger partial charge in [-0.3, -0.25) is 14.5 Å². The largest absolute Gasteiger partial charge is 0.378 e. The molecule has 6 nitrogen and oxygen atoms in total. The maximum Gasteiger partial charge on any atom is 0.242 e. The maximum atomic E-state index is 13.1. The summed E-state index contributed by atoms with van der Waals surface area (Å²) in [5, 5.41) is 8.14. The van der Waals surface area contributed by atoms with Gasteiger partial charge in [0.15, 0.2) is 11.0 Å². The molecule has 1 heterocycles. The Hall–Kier alpha value is -3.26. The Kier molecular flexibility index (Phi) is 7.36. The van der Waals surface area contributed by atoms with Crippen molar-refractivity contribution in [3.8, 4) is 0 Å². The molecule has 0 spiro atoms. The first-order valence-electron chi connectivity index (χ1n) is 9.65. The SMILES string of the molecule is C=CCN1C(=O)C(CC(=O)c2ccc(F)cc2)S/C1=N/N=C/c1ccc(N(C)C)cc1. The fourth-order valence-corrected chi connectivity index (χ4v) is 4.04. The number of amidine groups is 1. The van der Waals surface area contributed by atoms with Crippen LogP contribution < -0.4 is 4.90 Å². The van der Waals surface area contributed by atoms with Crippen molar-refractivity contribution in [2.24, 2.45) is 10.2 Å². The van der Waals surface area contributed by atoms with E-state index >= 15 is 0 Å². The van der Waals surface area contributed by atoms with Crippen molar-refractivity contribution in [1.82, 2.24) is 4.90 Å². The first kappa shape index (κ1) is 22.4. The third-order valence-corrected chi connectivity index (χ3v) is 5.79. The number of hydrogen-bond donors (Lipinski definition) is 0. The molecule has 0 aromatic heterocycles. The molecule has 2 aromatic rings. The molecule has 1 aliphatic heterocycles. The van der Waals surface area contributed by atoms with Crippen LogP contribution in [0.15, 0.2) is 71.4 Å². The van der Waals surface area contributed by atoms with Gasteiger partial charge in [-0.1, -0.05) is 30.0 Å². The van der Waals surface area contributed by atoms with E-state index in [0.717, 1.165) is 11.3 Å². The third-order valence-electron chi connectivity index (χ3n) is 4.63. The normalized spacial score (nSPS) is 17.5. The Labute approximate surface area is 185 Å². The number of benzene rings is 2. The number of anilines is 1. The zero-order valence-corrected chi connectivity index (χ0v) is 18.2. The summed E-state index contributed by atoms with van der Waals surface area (Å²) >= 11 is 1.20. The number of carbonyl (C=O) groups excluding carboxylic acids is 2. The van der Waals surface area contributed by atoms with Crippen LogP contribution >= 0.6 is 11.8 Å². The zero-order valence-electron chi connectivity index (χ0n) is 17.4. The highest BCUT2D eigenvalue weighted by atomic mass is 32.2. The minimum absolute atomic E-state index is 0.00247. The zero-order chi connectivity index (χ0) is 22.4. The molecule has 1 unspecified atom stereocenters. The van der Waals surface area contributed by atoms with E-state index in [9.17, 15) is 14.0 Å². The summed E-state index contributed by atoms with van der Waals surface area (Å²) in [6, 6.07) is 13.1. The van der Waals surface area contributed by atoms with Crippen molar-refractivity contribution < 1.29 is 14.0 Å². The number of halogens is 1. The van der Waals surface area contributed by atoms with Gasteiger partial charge in [0, 0.05) is 38.3 Å². The van der Waals surface area contributed by atoms with Gasteiger partial charge >= 0.3 is 0 Å². The highest BCUT2D eigenvalue weighted by molar-refractivity contribution is 8.15. The summed E-state index contributed by atoms with van der Waals surface area (Å²) in [6.45, 7) is 3.96. The smallest absolute Gasteiger partial charge is 0.242 e. The number of carbonyl (C=O) groups is 2. The van der Waals surface area contributed by atoms with Gasteiger partial charge < -0.3 is 4.90 Å². The Morgan fingerprint density at radius 1 is 1.19 bits per heavy atom. The topological polar surface area (TPSA) is 65.3 Å². The van der Waals surface area contributed by atoms with Gasteiger partial charge in [-0.15, -0.1) is 11.7 Å². The summed E-state index contributed by atoms with van der Waals surface area (Å²) < 4.78 is 13.1. The Bertz CT molecular complexity index is 1020. The lowest BCUT2D eigenvalue weighted by Crippen LogP contribution is -2.32. The van der Waals surface area contributed by atoms with Crippen LogP contribution in [0, 0.1) is 5.82 Å². The molecule has 1 aliphatic rings. The molecule has 0 N–H and O–H groups in total. The molecule has 0 aliphatic carbocycles. The molecular formula is C23H23FN4O2S. The van der Waals surface area contributed by atoms with Gasteiger partial charge in [-0.25, -0.2) is 4.39 Å². The fourth-order valence-electron chi connectivity index (χ4n) is 2.94. The second kappa shape index (κ2) is 10.2. The van der Waals surface area contributed by atoms with Gasteiger partial charge in [0.05, 0.1) is 11.5 Å². The molecule has 160 valence electrons. The second-order valence-corrected chi connectivity index (χ2v) is 8.26. The molecule has 0 bridgehead atoms. The number of ketones is 1. The third kappa shape index (κ3) is 5.67. The van der Waals surface area contributed by atoms with Crippen LogP contribution in [0.1, 0.15) is 22.3 Å². The van der Waals surface area contributed by atoms with Gasteiger partial charge in [-0.2, -0.15) is 5.10 Å². The predicted octanol–water partition coefficient (Wildman–Crippen LogP) is 3.98. The number of amides is 1. The van der Waals surface area contributed by atoms with E-state index in [1.807, 2.05) is 43.3 Å². The number of Topliss-reactive ketones (excluding diaryl/α,β-unsaturated/α-hetero) is 1. The lowest BCUT2D eigenvalue weighted by molar-refractivity contribution is -0.125. The van der Waals surface area contributed by atoms with Crippen molar-refractivity contribution in [3.63, 3.8) is 0 Å². The maximum absolute atomic E-state index is 13.1. The van der Waals surface area contributed by atoms with E-state index in [0.29, 0.717) is 10.7 Å². The average Bonchev–Trinajstić information content (AvgIpc) is 3.04. The monoisotopic (exact) mass is 438 g/mol. The fraction of sp³-hybridized carbons (Fsp3) is 0.217. The van der Waals surface area contributed by atoms with Crippen LogP contribution in [0.5, 0.6) is 0 Å². The van der Waals surface area contributed by atoms with E-state index in [1.165, 1.54) is 40.9 Å².